The molecule has 5 heteroatoms. The summed E-state index contributed by atoms with van der Waals surface area (Å²) in [5.41, 5.74) is 7.15. The average molecular weight is 219 g/mol. The molecule has 0 aliphatic carbocycles. The molecular weight excluding hydrogens is 208 g/mol. The number of carbonyl (C=O) groups is 2. The number of carboxylic acid groups (broad SMARTS) is 1. The molecule has 0 saturated heterocycles. The number of nitrogens with two attached hydrogens (primary N) is 1. The molecule has 16 heavy (non-hydrogen) atoms. The van der Waals surface area contributed by atoms with Crippen LogP contribution >= 0.6 is 0 Å². The Labute approximate surface area is 92.5 Å². The van der Waals surface area contributed by atoms with Crippen molar-refractivity contribution in [2.75, 3.05) is 11.4 Å². The van der Waals surface area contributed by atoms with E-state index in [1.807, 2.05) is 12.1 Å². The van der Waals surface area contributed by atoms with Crippen LogP contribution in [0.15, 0.2) is 24.3 Å². The third-order valence-corrected chi connectivity index (χ3v) is 2.59. The first kappa shape index (κ1) is 10.6. The van der Waals surface area contributed by atoms with Gasteiger partial charge in [-0.2, -0.15) is 0 Å². The molecule has 0 fully saturated rings. The lowest BCUT2D eigenvalue weighted by molar-refractivity contribution is -0.303. The van der Waals surface area contributed by atoms with Crippen molar-refractivity contribution in [3.8, 4) is 0 Å². The van der Waals surface area contributed by atoms with Crippen molar-refractivity contribution in [2.45, 2.75) is 12.5 Å². The van der Waals surface area contributed by atoms with Gasteiger partial charge in [0.25, 0.3) is 0 Å². The maximum atomic E-state index is 11.7. The second kappa shape index (κ2) is 3.94. The lowest BCUT2D eigenvalue weighted by atomic mass is 9.98. The molecule has 1 aliphatic rings. The highest BCUT2D eigenvalue weighted by Crippen LogP contribution is 2.26. The maximum absolute atomic E-state index is 11.7. The molecule has 1 amide bonds. The minimum atomic E-state index is -1.29. The summed E-state index contributed by atoms with van der Waals surface area (Å²) in [6.07, 6.45) is 0.443. The van der Waals surface area contributed by atoms with Crippen molar-refractivity contribution < 1.29 is 14.7 Å². The van der Waals surface area contributed by atoms with E-state index >= 15 is 0 Å². The van der Waals surface area contributed by atoms with E-state index in [0.29, 0.717) is 12.1 Å². The summed E-state index contributed by atoms with van der Waals surface area (Å²) in [4.78, 5) is 23.5. The molecule has 84 valence electrons. The van der Waals surface area contributed by atoms with E-state index in [4.69, 9.17) is 5.73 Å². The molecule has 2 rings (SSSR count). The number of nitrogens with zero attached hydrogens (tertiary/aromatic N) is 1. The normalized spacial score (nSPS) is 19.4. The monoisotopic (exact) mass is 219 g/mol. The van der Waals surface area contributed by atoms with Gasteiger partial charge in [-0.3, -0.25) is 4.79 Å². The summed E-state index contributed by atoms with van der Waals surface area (Å²) in [5, 5.41) is 10.6. The number of carboxylic acids is 1. The topological polar surface area (TPSA) is 86.5 Å². The van der Waals surface area contributed by atoms with Gasteiger partial charge in [-0.1, -0.05) is 18.2 Å². The van der Waals surface area contributed by atoms with E-state index in [1.54, 1.807) is 12.1 Å². The summed E-state index contributed by atoms with van der Waals surface area (Å²) < 4.78 is 0. The quantitative estimate of drug-likeness (QED) is 0.666. The van der Waals surface area contributed by atoms with Crippen molar-refractivity contribution in [1.82, 2.24) is 0 Å². The first-order valence-corrected chi connectivity index (χ1v) is 4.94. The average Bonchev–Trinajstić information content (AvgIpc) is 2.24. The van der Waals surface area contributed by atoms with Crippen molar-refractivity contribution in [3.05, 3.63) is 29.8 Å². The van der Waals surface area contributed by atoms with Crippen LogP contribution in [0.5, 0.6) is 0 Å². The summed E-state index contributed by atoms with van der Waals surface area (Å²) in [6, 6.07) is 6.46. The van der Waals surface area contributed by atoms with E-state index in [2.05, 4.69) is 0 Å². The van der Waals surface area contributed by atoms with E-state index in [-0.39, 0.29) is 5.91 Å². The standard InChI is InChI=1S/C11H12N2O3/c12-8-5-7-3-1-2-4-9(7)13(11(8)16)6-10(14)15/h1-4,8H,5-6,12H2,(H,14,15)/p-1. The third-order valence-electron chi connectivity index (χ3n) is 2.59. The van der Waals surface area contributed by atoms with Crippen LogP contribution < -0.4 is 15.7 Å². The summed E-state index contributed by atoms with van der Waals surface area (Å²) >= 11 is 0. The smallest absolute Gasteiger partial charge is 0.244 e. The van der Waals surface area contributed by atoms with Gasteiger partial charge in [0, 0.05) is 5.69 Å². The van der Waals surface area contributed by atoms with Crippen molar-refractivity contribution >= 4 is 17.6 Å². The van der Waals surface area contributed by atoms with E-state index in [1.165, 1.54) is 4.90 Å². The van der Waals surface area contributed by atoms with E-state index in [0.717, 1.165) is 5.56 Å². The highest BCUT2D eigenvalue weighted by Gasteiger charge is 2.29. The van der Waals surface area contributed by atoms with Gasteiger partial charge in [0.05, 0.1) is 18.6 Å². The van der Waals surface area contributed by atoms with E-state index in [9.17, 15) is 14.7 Å². The number of carbonyl (C=O) groups excluding carboxylic acids is 2. The summed E-state index contributed by atoms with van der Waals surface area (Å²) in [5.74, 6) is -1.67. The van der Waals surface area contributed by atoms with Gasteiger partial charge >= 0.3 is 0 Å². The first-order valence-electron chi connectivity index (χ1n) is 4.94. The predicted molar refractivity (Wildman–Crippen MR) is 55.5 cm³/mol. The maximum Gasteiger partial charge on any atom is 0.244 e. The van der Waals surface area contributed by atoms with Gasteiger partial charge in [-0.15, -0.1) is 0 Å². The molecule has 5 nitrogen and oxygen atoms in total. The largest absolute Gasteiger partial charge is 0.548 e. The highest BCUT2D eigenvalue weighted by atomic mass is 16.4. The fourth-order valence-electron chi connectivity index (χ4n) is 1.88. The number of aliphatic carboxylic acids is 1. The van der Waals surface area contributed by atoms with Crippen molar-refractivity contribution in [2.24, 2.45) is 5.73 Å². The van der Waals surface area contributed by atoms with Crippen LogP contribution in [0.1, 0.15) is 5.56 Å². The molecule has 2 N–H and O–H groups in total. The Hall–Kier alpha value is -1.88. The van der Waals surface area contributed by atoms with Gasteiger partial charge < -0.3 is 20.5 Å². The molecule has 0 radical (unpaired) electrons. The Balaban J connectivity index is 2.41. The molecule has 1 unspecified atom stereocenters. The minimum Gasteiger partial charge on any atom is -0.548 e. The number of para-hydroxylation sites is 1. The zero-order valence-corrected chi connectivity index (χ0v) is 8.55. The van der Waals surface area contributed by atoms with Crippen LogP contribution in [0.3, 0.4) is 0 Å². The fourth-order valence-corrected chi connectivity index (χ4v) is 1.88. The minimum absolute atomic E-state index is 0.372. The third kappa shape index (κ3) is 1.77. The molecule has 0 saturated carbocycles. The van der Waals surface area contributed by atoms with Gasteiger partial charge in [0.2, 0.25) is 5.91 Å². The van der Waals surface area contributed by atoms with E-state index < -0.39 is 18.6 Å². The van der Waals surface area contributed by atoms with Gasteiger partial charge in [0.15, 0.2) is 0 Å². The molecule has 0 bridgehead atoms. The number of rotatable bonds is 2. The zero-order valence-electron chi connectivity index (χ0n) is 8.55. The molecular formula is C11H11N2O3-. The lowest BCUT2D eigenvalue weighted by Crippen LogP contribution is -2.52. The van der Waals surface area contributed by atoms with Crippen LogP contribution in [0.25, 0.3) is 0 Å². The Morgan fingerprint density at radius 2 is 2.19 bits per heavy atom. The Morgan fingerprint density at radius 1 is 1.50 bits per heavy atom. The first-order chi connectivity index (χ1) is 7.59. The Bertz CT molecular complexity index is 445. The molecule has 1 aromatic carbocycles. The van der Waals surface area contributed by atoms with Gasteiger partial charge in [-0.05, 0) is 18.1 Å². The number of amides is 1. The van der Waals surface area contributed by atoms with Crippen LogP contribution in [-0.4, -0.2) is 24.5 Å². The summed E-state index contributed by atoms with van der Waals surface area (Å²) in [7, 11) is 0. The number of fused-ring (bicyclic) bond motifs is 1. The van der Waals surface area contributed by atoms with Gasteiger partial charge in [0.1, 0.15) is 0 Å². The molecule has 1 aliphatic heterocycles. The second-order valence-corrected chi connectivity index (χ2v) is 3.74. The predicted octanol–water partition coefficient (Wildman–Crippen LogP) is -1.35. The van der Waals surface area contributed by atoms with Gasteiger partial charge in [-0.25, -0.2) is 0 Å². The molecule has 1 atom stereocenters. The molecule has 0 aromatic heterocycles. The fraction of sp³-hybridized carbons (Fsp3) is 0.273. The van der Waals surface area contributed by atoms with Crippen LogP contribution in [-0.2, 0) is 16.0 Å². The molecule has 0 spiro atoms. The SMILES string of the molecule is NC1Cc2ccccc2N(CC(=O)[O-])C1=O. The van der Waals surface area contributed by atoms with Crippen LogP contribution in [0.2, 0.25) is 0 Å². The lowest BCUT2D eigenvalue weighted by Gasteiger charge is -2.32. The second-order valence-electron chi connectivity index (χ2n) is 3.74. The zero-order chi connectivity index (χ0) is 11.7. The highest BCUT2D eigenvalue weighted by molar-refractivity contribution is 6.02. The van der Waals surface area contributed by atoms with Crippen molar-refractivity contribution in [3.63, 3.8) is 0 Å². The van der Waals surface area contributed by atoms with Crippen LogP contribution in [0, 0.1) is 0 Å². The number of benzene rings is 1. The molecule has 1 aromatic rings. The Kier molecular flexibility index (Phi) is 2.62. The summed E-state index contributed by atoms with van der Waals surface area (Å²) in [6.45, 7) is -0.455. The molecule has 1 heterocycles. The number of anilines is 1. The van der Waals surface area contributed by atoms with Crippen molar-refractivity contribution in [1.29, 1.82) is 0 Å². The van der Waals surface area contributed by atoms with Crippen LogP contribution in [0.4, 0.5) is 5.69 Å². The Morgan fingerprint density at radius 3 is 2.88 bits per heavy atom. The number of hydrogen-bond donors (Lipinski definition) is 1. The number of hydrogen-bond acceptors (Lipinski definition) is 4.